The molecule has 4 aromatic rings. The number of nitrogens with zero attached hydrogens (tertiary/aromatic N) is 3. The van der Waals surface area contributed by atoms with Crippen LogP contribution in [0, 0.1) is 11.8 Å². The lowest BCUT2D eigenvalue weighted by molar-refractivity contribution is 0.108. The first-order valence-corrected chi connectivity index (χ1v) is 9.64. The van der Waals surface area contributed by atoms with E-state index in [1.54, 1.807) is 24.5 Å². The van der Waals surface area contributed by atoms with Gasteiger partial charge in [-0.2, -0.15) is 4.98 Å². The van der Waals surface area contributed by atoms with Crippen LogP contribution in [-0.2, 0) is 4.74 Å². The summed E-state index contributed by atoms with van der Waals surface area (Å²) in [4.78, 5) is 20.4. The molecule has 1 saturated heterocycles. The molecule has 3 heterocycles. The molecule has 5 rings (SSSR count). The van der Waals surface area contributed by atoms with E-state index in [1.807, 2.05) is 54.6 Å². The van der Waals surface area contributed by atoms with Crippen LogP contribution in [0.4, 0.5) is 4.79 Å². The number of amides is 1. The quantitative estimate of drug-likeness (QED) is 0.514. The fraction of sp³-hybridized carbons (Fsp3) is 0.0833. The van der Waals surface area contributed by atoms with Crippen molar-refractivity contribution in [1.82, 2.24) is 20.4 Å². The number of hydrogen-bond donors (Lipinski definition) is 1. The van der Waals surface area contributed by atoms with E-state index in [0.717, 1.165) is 22.3 Å². The molecule has 2 aromatic heterocycles. The Hall–Kier alpha value is -4.44. The maximum atomic E-state index is 12.0. The van der Waals surface area contributed by atoms with Gasteiger partial charge in [0, 0.05) is 29.1 Å². The third kappa shape index (κ3) is 4.00. The number of ether oxygens (including phenoxy) is 1. The molecule has 1 amide bonds. The van der Waals surface area contributed by atoms with Crippen molar-refractivity contribution in [2.24, 2.45) is 0 Å². The lowest BCUT2D eigenvalue weighted by Crippen LogP contribution is -2.19. The molecule has 1 fully saturated rings. The molecule has 0 spiro atoms. The lowest BCUT2D eigenvalue weighted by atomic mass is 10.00. The van der Waals surface area contributed by atoms with Crippen molar-refractivity contribution < 1.29 is 14.1 Å². The van der Waals surface area contributed by atoms with Crippen LogP contribution >= 0.6 is 0 Å². The number of alkyl carbamates (subject to hydrolysis) is 1. The van der Waals surface area contributed by atoms with Gasteiger partial charge in [0.15, 0.2) is 0 Å². The smallest absolute Gasteiger partial charge is 0.408 e. The van der Waals surface area contributed by atoms with E-state index in [2.05, 4.69) is 32.3 Å². The summed E-state index contributed by atoms with van der Waals surface area (Å²) in [5.74, 6) is 6.92. The highest BCUT2D eigenvalue weighted by Crippen LogP contribution is 2.36. The second-order valence-corrected chi connectivity index (χ2v) is 6.88. The second-order valence-electron chi connectivity index (χ2n) is 6.88. The Balaban J connectivity index is 1.43. The van der Waals surface area contributed by atoms with Crippen LogP contribution < -0.4 is 5.32 Å². The minimum atomic E-state index is -0.743. The number of pyridine rings is 1. The molecule has 0 radical (unpaired) electrons. The van der Waals surface area contributed by atoms with Crippen molar-refractivity contribution >= 4 is 6.09 Å². The fourth-order valence-electron chi connectivity index (χ4n) is 3.32. The highest BCUT2D eigenvalue weighted by Gasteiger charge is 2.40. The Bertz CT molecular complexity index is 1280. The van der Waals surface area contributed by atoms with E-state index in [-0.39, 0.29) is 5.89 Å². The van der Waals surface area contributed by atoms with Crippen LogP contribution in [0.2, 0.25) is 0 Å². The van der Waals surface area contributed by atoms with Crippen molar-refractivity contribution in [2.75, 3.05) is 0 Å². The van der Waals surface area contributed by atoms with E-state index in [9.17, 15) is 4.79 Å². The number of aromatic nitrogens is 3. The largest absolute Gasteiger partial charge is 0.433 e. The Morgan fingerprint density at radius 1 is 0.903 bits per heavy atom. The Kier molecular flexibility index (Phi) is 4.87. The van der Waals surface area contributed by atoms with E-state index in [1.165, 1.54) is 0 Å². The van der Waals surface area contributed by atoms with Crippen molar-refractivity contribution in [3.63, 3.8) is 0 Å². The number of carbonyl (C=O) groups excluding carboxylic acids is 1. The average molecular weight is 408 g/mol. The number of rotatable bonds is 3. The predicted octanol–water partition coefficient (Wildman–Crippen LogP) is 4.05. The van der Waals surface area contributed by atoms with Crippen LogP contribution in [0.3, 0.4) is 0 Å². The number of benzene rings is 2. The monoisotopic (exact) mass is 408 g/mol. The van der Waals surface area contributed by atoms with Crippen LogP contribution in [0.1, 0.15) is 34.7 Å². The molecule has 31 heavy (non-hydrogen) atoms. The summed E-state index contributed by atoms with van der Waals surface area (Å²) < 4.78 is 10.9. The summed E-state index contributed by atoms with van der Waals surface area (Å²) in [6.07, 6.45) is 2.01. The number of nitrogens with one attached hydrogen (secondary N) is 1. The van der Waals surface area contributed by atoms with Crippen molar-refractivity contribution in [3.05, 3.63) is 102 Å². The molecule has 0 aliphatic carbocycles. The molecular formula is C24H16N4O3. The third-order valence-corrected chi connectivity index (χ3v) is 4.80. The van der Waals surface area contributed by atoms with Gasteiger partial charge in [-0.05, 0) is 42.0 Å². The maximum Gasteiger partial charge on any atom is 0.408 e. The van der Waals surface area contributed by atoms with Gasteiger partial charge in [-0.15, -0.1) is 0 Å². The zero-order valence-electron chi connectivity index (χ0n) is 16.2. The number of hydrogen-bond acceptors (Lipinski definition) is 6. The molecule has 2 atom stereocenters. The molecule has 0 bridgehead atoms. The van der Waals surface area contributed by atoms with Crippen LogP contribution in [0.5, 0.6) is 0 Å². The van der Waals surface area contributed by atoms with E-state index in [4.69, 9.17) is 9.26 Å². The van der Waals surface area contributed by atoms with Gasteiger partial charge in [0.2, 0.25) is 11.9 Å². The Morgan fingerprint density at radius 2 is 1.68 bits per heavy atom. The van der Waals surface area contributed by atoms with E-state index < -0.39 is 18.2 Å². The third-order valence-electron chi connectivity index (χ3n) is 4.80. The highest BCUT2D eigenvalue weighted by atomic mass is 16.6. The highest BCUT2D eigenvalue weighted by molar-refractivity contribution is 5.71. The predicted molar refractivity (Wildman–Crippen MR) is 111 cm³/mol. The second kappa shape index (κ2) is 8.13. The maximum absolute atomic E-state index is 12.0. The van der Waals surface area contributed by atoms with E-state index in [0.29, 0.717) is 5.82 Å². The first-order chi connectivity index (χ1) is 15.3. The summed E-state index contributed by atoms with van der Waals surface area (Å²) >= 11 is 0. The molecular weight excluding hydrogens is 392 g/mol. The molecule has 7 heteroatoms. The van der Waals surface area contributed by atoms with Crippen LogP contribution in [0.15, 0.2) is 83.6 Å². The zero-order chi connectivity index (χ0) is 21.0. The molecule has 150 valence electrons. The zero-order valence-corrected chi connectivity index (χ0v) is 16.2. The minimum Gasteiger partial charge on any atom is -0.433 e. The van der Waals surface area contributed by atoms with Gasteiger partial charge >= 0.3 is 6.09 Å². The van der Waals surface area contributed by atoms with Gasteiger partial charge < -0.3 is 14.6 Å². The first kappa shape index (κ1) is 18.6. The Morgan fingerprint density at radius 3 is 2.52 bits per heavy atom. The lowest BCUT2D eigenvalue weighted by Gasteiger charge is -2.14. The van der Waals surface area contributed by atoms with Gasteiger partial charge in [0.05, 0.1) is 0 Å². The van der Waals surface area contributed by atoms with Gasteiger partial charge in [0.1, 0.15) is 6.04 Å². The summed E-state index contributed by atoms with van der Waals surface area (Å²) in [6.45, 7) is 0. The molecule has 1 aliphatic rings. The van der Waals surface area contributed by atoms with Gasteiger partial charge in [-0.3, -0.25) is 4.98 Å². The van der Waals surface area contributed by atoms with Crippen LogP contribution in [0.25, 0.3) is 11.4 Å². The average Bonchev–Trinajstić information content (AvgIpc) is 3.46. The molecule has 2 unspecified atom stereocenters. The molecule has 2 aromatic carbocycles. The fourth-order valence-corrected chi connectivity index (χ4v) is 3.32. The topological polar surface area (TPSA) is 90.1 Å². The molecule has 1 aliphatic heterocycles. The molecule has 0 saturated carbocycles. The van der Waals surface area contributed by atoms with Crippen molar-refractivity contribution in [1.29, 1.82) is 0 Å². The summed E-state index contributed by atoms with van der Waals surface area (Å²) in [6, 6.07) is 20.5. The van der Waals surface area contributed by atoms with Gasteiger partial charge in [-0.25, -0.2) is 4.79 Å². The van der Waals surface area contributed by atoms with Gasteiger partial charge in [-0.1, -0.05) is 47.3 Å². The SMILES string of the molecule is O=C1NC(c2cccc(C#Cc3ccccc3)c2)C(c2nc(-c3ccncc3)no2)O1. The van der Waals surface area contributed by atoms with Crippen LogP contribution in [-0.4, -0.2) is 21.2 Å². The summed E-state index contributed by atoms with van der Waals surface area (Å²) in [7, 11) is 0. The van der Waals surface area contributed by atoms with Crippen molar-refractivity contribution in [2.45, 2.75) is 12.1 Å². The standard InChI is InChI=1S/C24H16N4O3/c29-24-26-20(19-8-4-7-17(15-19)10-9-16-5-2-1-3-6-16)21(30-24)23-27-22(28-31-23)18-11-13-25-14-12-18/h1-8,11-15,20-21H,(H,26,29). The normalized spacial score (nSPS) is 17.4. The first-order valence-electron chi connectivity index (χ1n) is 9.64. The summed E-state index contributed by atoms with van der Waals surface area (Å²) in [5, 5.41) is 6.83. The van der Waals surface area contributed by atoms with Crippen molar-refractivity contribution in [3.8, 4) is 23.2 Å². The number of carbonyl (C=O) groups is 1. The number of cyclic esters (lactones) is 1. The molecule has 7 nitrogen and oxygen atoms in total. The minimum absolute atomic E-state index is 0.218. The van der Waals surface area contributed by atoms with E-state index >= 15 is 0 Å². The molecule has 1 N–H and O–H groups in total. The Labute approximate surface area is 178 Å². The summed E-state index contributed by atoms with van der Waals surface area (Å²) in [5.41, 5.74) is 3.35. The van der Waals surface area contributed by atoms with Gasteiger partial charge in [0.25, 0.3) is 5.89 Å².